The standard InChI is InChI=1S/C16H21BrN2O4S/c17-13-3-5-15(6-4-13)24(21,22)19-9-7-18(8-10-19)16(20)12-14-2-1-11-23-14/h3-6,14H,1-2,7-12H2. The third-order valence-corrected chi connectivity index (χ3v) is 6.91. The lowest BCUT2D eigenvalue weighted by molar-refractivity contribution is -0.134. The van der Waals surface area contributed by atoms with Gasteiger partial charge in [0.2, 0.25) is 15.9 Å². The van der Waals surface area contributed by atoms with Gasteiger partial charge in [-0.25, -0.2) is 8.42 Å². The van der Waals surface area contributed by atoms with Gasteiger partial charge in [0, 0.05) is 37.3 Å². The summed E-state index contributed by atoms with van der Waals surface area (Å²) >= 11 is 3.30. The number of amides is 1. The summed E-state index contributed by atoms with van der Waals surface area (Å²) in [5, 5.41) is 0. The van der Waals surface area contributed by atoms with Gasteiger partial charge in [-0.05, 0) is 37.1 Å². The minimum Gasteiger partial charge on any atom is -0.378 e. The number of sulfonamides is 1. The van der Waals surface area contributed by atoms with Gasteiger partial charge in [0.1, 0.15) is 0 Å². The van der Waals surface area contributed by atoms with E-state index >= 15 is 0 Å². The Kier molecular flexibility index (Phi) is 5.59. The van der Waals surface area contributed by atoms with Crippen molar-refractivity contribution in [1.29, 1.82) is 0 Å². The number of piperazine rings is 1. The van der Waals surface area contributed by atoms with Crippen LogP contribution in [0, 0.1) is 0 Å². The lowest BCUT2D eigenvalue weighted by Gasteiger charge is -2.34. The number of halogens is 1. The average Bonchev–Trinajstić information content (AvgIpc) is 3.08. The summed E-state index contributed by atoms with van der Waals surface area (Å²) in [6.07, 6.45) is 2.38. The Morgan fingerprint density at radius 3 is 2.42 bits per heavy atom. The number of hydrogen-bond donors (Lipinski definition) is 0. The van der Waals surface area contributed by atoms with Crippen LogP contribution in [0.2, 0.25) is 0 Å². The predicted molar refractivity (Wildman–Crippen MR) is 93.1 cm³/mol. The van der Waals surface area contributed by atoms with E-state index in [1.54, 1.807) is 29.2 Å². The zero-order valence-corrected chi connectivity index (χ0v) is 15.8. The topological polar surface area (TPSA) is 66.9 Å². The van der Waals surface area contributed by atoms with Crippen LogP contribution in [-0.4, -0.2) is 62.4 Å². The first kappa shape index (κ1) is 17.8. The first-order valence-corrected chi connectivity index (χ1v) is 10.4. The van der Waals surface area contributed by atoms with Crippen molar-refractivity contribution in [2.45, 2.75) is 30.3 Å². The van der Waals surface area contributed by atoms with E-state index in [0.717, 1.165) is 23.9 Å². The van der Waals surface area contributed by atoms with Gasteiger partial charge in [0.05, 0.1) is 17.4 Å². The van der Waals surface area contributed by atoms with Gasteiger partial charge >= 0.3 is 0 Å². The van der Waals surface area contributed by atoms with Crippen LogP contribution in [0.5, 0.6) is 0 Å². The summed E-state index contributed by atoms with van der Waals surface area (Å²) in [5.74, 6) is 0.0580. The molecule has 2 saturated heterocycles. The maximum absolute atomic E-state index is 12.6. The number of nitrogens with zero attached hydrogens (tertiary/aromatic N) is 2. The van der Waals surface area contributed by atoms with E-state index in [1.165, 1.54) is 4.31 Å². The normalized spacial score (nSPS) is 22.7. The van der Waals surface area contributed by atoms with Crippen LogP contribution in [0.4, 0.5) is 0 Å². The van der Waals surface area contributed by atoms with Crippen LogP contribution in [0.1, 0.15) is 19.3 Å². The molecular weight excluding hydrogens is 396 g/mol. The van der Waals surface area contributed by atoms with Gasteiger partial charge in [-0.1, -0.05) is 15.9 Å². The Morgan fingerprint density at radius 2 is 1.83 bits per heavy atom. The highest BCUT2D eigenvalue weighted by Gasteiger charge is 2.31. The number of carbonyl (C=O) groups is 1. The Bertz CT molecular complexity index is 679. The maximum Gasteiger partial charge on any atom is 0.243 e. The molecule has 132 valence electrons. The molecule has 0 radical (unpaired) electrons. The zero-order chi connectivity index (χ0) is 17.2. The number of hydrogen-bond acceptors (Lipinski definition) is 4. The van der Waals surface area contributed by atoms with E-state index in [-0.39, 0.29) is 16.9 Å². The van der Waals surface area contributed by atoms with Crippen LogP contribution in [-0.2, 0) is 19.6 Å². The molecule has 24 heavy (non-hydrogen) atoms. The van der Waals surface area contributed by atoms with Gasteiger partial charge in [0.15, 0.2) is 0 Å². The Hall–Kier alpha value is -0.960. The molecule has 1 aromatic carbocycles. The first-order chi connectivity index (χ1) is 11.5. The molecule has 0 spiro atoms. The zero-order valence-electron chi connectivity index (χ0n) is 13.4. The molecule has 0 bridgehead atoms. The number of carbonyl (C=O) groups excluding carboxylic acids is 1. The number of benzene rings is 1. The van der Waals surface area contributed by atoms with Crippen molar-refractivity contribution in [2.24, 2.45) is 0 Å². The highest BCUT2D eigenvalue weighted by atomic mass is 79.9. The SMILES string of the molecule is O=C(CC1CCCO1)N1CCN(S(=O)(=O)c2ccc(Br)cc2)CC1. The Balaban J connectivity index is 1.57. The highest BCUT2D eigenvalue weighted by molar-refractivity contribution is 9.10. The summed E-state index contributed by atoms with van der Waals surface area (Å²) in [7, 11) is -3.50. The molecule has 6 nitrogen and oxygen atoms in total. The Morgan fingerprint density at radius 1 is 1.17 bits per heavy atom. The second-order valence-electron chi connectivity index (χ2n) is 6.08. The van der Waals surface area contributed by atoms with E-state index in [1.807, 2.05) is 0 Å². The van der Waals surface area contributed by atoms with Crippen molar-refractivity contribution in [1.82, 2.24) is 9.21 Å². The van der Waals surface area contributed by atoms with E-state index in [0.29, 0.717) is 32.6 Å². The van der Waals surface area contributed by atoms with E-state index in [2.05, 4.69) is 15.9 Å². The Labute approximate surface area is 150 Å². The third-order valence-electron chi connectivity index (χ3n) is 4.47. The second kappa shape index (κ2) is 7.51. The third kappa shape index (κ3) is 3.99. The molecule has 1 atom stereocenters. The first-order valence-electron chi connectivity index (χ1n) is 8.12. The van der Waals surface area contributed by atoms with Gasteiger partial charge in [-0.3, -0.25) is 4.79 Å². The van der Waals surface area contributed by atoms with Crippen molar-refractivity contribution in [3.63, 3.8) is 0 Å². The van der Waals surface area contributed by atoms with Gasteiger partial charge in [0.25, 0.3) is 0 Å². The minimum atomic E-state index is -3.50. The van der Waals surface area contributed by atoms with E-state index in [9.17, 15) is 13.2 Å². The van der Waals surface area contributed by atoms with Crippen LogP contribution in [0.3, 0.4) is 0 Å². The summed E-state index contributed by atoms with van der Waals surface area (Å²) in [5.41, 5.74) is 0. The molecule has 3 rings (SSSR count). The fourth-order valence-corrected chi connectivity index (χ4v) is 4.75. The molecule has 0 saturated carbocycles. The molecule has 1 unspecified atom stereocenters. The van der Waals surface area contributed by atoms with Gasteiger partial charge < -0.3 is 9.64 Å². The quantitative estimate of drug-likeness (QED) is 0.750. The fraction of sp³-hybridized carbons (Fsp3) is 0.562. The lowest BCUT2D eigenvalue weighted by Crippen LogP contribution is -2.50. The predicted octanol–water partition coefficient (Wildman–Crippen LogP) is 1.85. The molecule has 2 aliphatic heterocycles. The molecule has 1 amide bonds. The van der Waals surface area contributed by atoms with Crippen LogP contribution in [0.25, 0.3) is 0 Å². The molecule has 0 aromatic heterocycles. The molecule has 0 N–H and O–H groups in total. The minimum absolute atomic E-state index is 0.0297. The molecule has 2 fully saturated rings. The summed E-state index contributed by atoms with van der Waals surface area (Å²) in [6, 6.07) is 6.62. The molecule has 2 heterocycles. The van der Waals surface area contributed by atoms with Gasteiger partial charge in [-0.2, -0.15) is 4.31 Å². The monoisotopic (exact) mass is 416 g/mol. The smallest absolute Gasteiger partial charge is 0.243 e. The van der Waals surface area contributed by atoms with Crippen LogP contribution in [0.15, 0.2) is 33.6 Å². The van der Waals surface area contributed by atoms with Crippen LogP contribution >= 0.6 is 15.9 Å². The van der Waals surface area contributed by atoms with Crippen molar-refractivity contribution >= 4 is 31.9 Å². The summed E-state index contributed by atoms with van der Waals surface area (Å²) < 4.78 is 33.1. The second-order valence-corrected chi connectivity index (χ2v) is 8.93. The molecular formula is C16H21BrN2O4S. The van der Waals surface area contributed by atoms with Crippen molar-refractivity contribution in [2.75, 3.05) is 32.8 Å². The van der Waals surface area contributed by atoms with E-state index < -0.39 is 10.0 Å². The van der Waals surface area contributed by atoms with Crippen molar-refractivity contribution in [3.8, 4) is 0 Å². The van der Waals surface area contributed by atoms with Crippen molar-refractivity contribution in [3.05, 3.63) is 28.7 Å². The molecule has 0 aliphatic carbocycles. The highest BCUT2D eigenvalue weighted by Crippen LogP contribution is 2.21. The van der Waals surface area contributed by atoms with Crippen LogP contribution < -0.4 is 0 Å². The fourth-order valence-electron chi connectivity index (χ4n) is 3.06. The molecule has 2 aliphatic rings. The summed E-state index contributed by atoms with van der Waals surface area (Å²) in [4.78, 5) is 14.3. The van der Waals surface area contributed by atoms with Gasteiger partial charge in [-0.15, -0.1) is 0 Å². The van der Waals surface area contributed by atoms with Crippen molar-refractivity contribution < 1.29 is 17.9 Å². The summed E-state index contributed by atoms with van der Waals surface area (Å²) in [6.45, 7) is 2.26. The number of ether oxygens (including phenoxy) is 1. The molecule has 1 aromatic rings. The lowest BCUT2D eigenvalue weighted by atomic mass is 10.1. The maximum atomic E-state index is 12.6. The average molecular weight is 417 g/mol. The largest absolute Gasteiger partial charge is 0.378 e. The number of rotatable bonds is 4. The molecule has 8 heteroatoms. The van der Waals surface area contributed by atoms with E-state index in [4.69, 9.17) is 4.74 Å².